The lowest BCUT2D eigenvalue weighted by Gasteiger charge is -2.09. The maximum absolute atomic E-state index is 12.3. The van der Waals surface area contributed by atoms with Crippen molar-refractivity contribution in [1.82, 2.24) is 19.6 Å². The van der Waals surface area contributed by atoms with Gasteiger partial charge in [0.2, 0.25) is 5.91 Å². The van der Waals surface area contributed by atoms with Crippen LogP contribution < -0.4 is 14.8 Å². The van der Waals surface area contributed by atoms with Gasteiger partial charge in [-0.15, -0.1) is 10.2 Å². The summed E-state index contributed by atoms with van der Waals surface area (Å²) in [6.07, 6.45) is 0. The number of rotatable bonds is 6. The molecular weight excluding hydrogens is 354 g/mol. The van der Waals surface area contributed by atoms with Gasteiger partial charge in [0.15, 0.2) is 10.8 Å². The number of ether oxygens (including phenoxy) is 2. The van der Waals surface area contributed by atoms with Crippen molar-refractivity contribution in [3.8, 4) is 11.5 Å². The van der Waals surface area contributed by atoms with Crippen molar-refractivity contribution >= 4 is 29.0 Å². The Morgan fingerprint density at radius 3 is 2.46 bits per heavy atom. The van der Waals surface area contributed by atoms with E-state index < -0.39 is 0 Å². The number of fused-ring (bicyclic) bond motifs is 1. The molecule has 3 rings (SSSR count). The molecule has 3 aromatic rings. The van der Waals surface area contributed by atoms with Crippen LogP contribution in [0.3, 0.4) is 0 Å². The summed E-state index contributed by atoms with van der Waals surface area (Å²) in [6, 6.07) is 7.06. The summed E-state index contributed by atoms with van der Waals surface area (Å²) in [6.45, 7) is 3.79. The molecule has 0 aliphatic carbocycles. The molecular formula is C17H19N5O3S. The zero-order chi connectivity index (χ0) is 18.7. The fraction of sp³-hybridized carbons (Fsp3) is 0.294. The van der Waals surface area contributed by atoms with E-state index in [1.54, 1.807) is 32.4 Å². The molecule has 0 saturated heterocycles. The Kier molecular flexibility index (Phi) is 5.27. The van der Waals surface area contributed by atoms with E-state index in [0.29, 0.717) is 22.3 Å². The minimum absolute atomic E-state index is 0.167. The number of anilines is 1. The molecule has 1 aromatic carbocycles. The first-order valence-corrected chi connectivity index (χ1v) is 8.84. The number of benzene rings is 1. The van der Waals surface area contributed by atoms with Crippen LogP contribution >= 0.6 is 11.8 Å². The molecule has 0 radical (unpaired) electrons. The highest BCUT2D eigenvalue weighted by Crippen LogP contribution is 2.26. The van der Waals surface area contributed by atoms with Gasteiger partial charge in [-0.2, -0.15) is 0 Å². The van der Waals surface area contributed by atoms with Gasteiger partial charge < -0.3 is 14.8 Å². The predicted octanol–water partition coefficient (Wildman–Crippen LogP) is 2.49. The second-order valence-corrected chi connectivity index (χ2v) is 6.50. The third-order valence-corrected chi connectivity index (χ3v) is 4.55. The van der Waals surface area contributed by atoms with E-state index in [9.17, 15) is 4.79 Å². The maximum atomic E-state index is 12.3. The first-order valence-electron chi connectivity index (χ1n) is 7.85. The van der Waals surface area contributed by atoms with Crippen molar-refractivity contribution < 1.29 is 14.3 Å². The average Bonchev–Trinajstić information content (AvgIpc) is 3.02. The Morgan fingerprint density at radius 1 is 1.12 bits per heavy atom. The standard InChI is InChI=1S/C17H19N5O3S/c1-10-5-15-20-21-17(22(15)11(2)18-10)26-9-16(23)19-12-6-13(24-3)8-14(7-12)25-4/h5-8H,9H2,1-4H3,(H,19,23). The smallest absolute Gasteiger partial charge is 0.234 e. The zero-order valence-corrected chi connectivity index (χ0v) is 15.8. The van der Waals surface area contributed by atoms with Crippen molar-refractivity contribution in [3.05, 3.63) is 35.8 Å². The molecule has 0 aliphatic heterocycles. The number of hydrogen-bond donors (Lipinski definition) is 1. The van der Waals surface area contributed by atoms with Gasteiger partial charge in [-0.05, 0) is 13.8 Å². The van der Waals surface area contributed by atoms with E-state index in [1.807, 2.05) is 24.3 Å². The quantitative estimate of drug-likeness (QED) is 0.664. The van der Waals surface area contributed by atoms with Gasteiger partial charge >= 0.3 is 0 Å². The fourth-order valence-corrected chi connectivity index (χ4v) is 3.29. The third kappa shape index (κ3) is 3.88. The van der Waals surface area contributed by atoms with Crippen LogP contribution in [0.1, 0.15) is 11.5 Å². The molecule has 1 N–H and O–H groups in total. The molecule has 0 fully saturated rings. The molecule has 9 heteroatoms. The van der Waals surface area contributed by atoms with Crippen LogP contribution in [0.25, 0.3) is 5.65 Å². The summed E-state index contributed by atoms with van der Waals surface area (Å²) in [5.74, 6) is 2.01. The lowest BCUT2D eigenvalue weighted by atomic mass is 10.2. The maximum Gasteiger partial charge on any atom is 0.234 e. The molecule has 0 unspecified atom stereocenters. The van der Waals surface area contributed by atoms with Gasteiger partial charge in [0.1, 0.15) is 17.3 Å². The highest BCUT2D eigenvalue weighted by Gasteiger charge is 2.13. The third-order valence-electron chi connectivity index (χ3n) is 3.63. The number of nitrogens with one attached hydrogen (secondary N) is 1. The number of aromatic nitrogens is 4. The molecule has 1 amide bonds. The highest BCUT2D eigenvalue weighted by atomic mass is 32.2. The van der Waals surface area contributed by atoms with E-state index in [-0.39, 0.29) is 11.7 Å². The van der Waals surface area contributed by atoms with E-state index in [2.05, 4.69) is 20.5 Å². The number of amides is 1. The van der Waals surface area contributed by atoms with E-state index in [4.69, 9.17) is 9.47 Å². The Bertz CT molecular complexity index is 935. The van der Waals surface area contributed by atoms with Crippen molar-refractivity contribution in [3.63, 3.8) is 0 Å². The Hall–Kier alpha value is -2.81. The summed E-state index contributed by atoms with van der Waals surface area (Å²) >= 11 is 1.30. The van der Waals surface area contributed by atoms with Crippen molar-refractivity contribution in [2.75, 3.05) is 25.3 Å². The molecule has 2 heterocycles. The van der Waals surface area contributed by atoms with Gasteiger partial charge in [-0.1, -0.05) is 11.8 Å². The molecule has 0 bridgehead atoms. The highest BCUT2D eigenvalue weighted by molar-refractivity contribution is 7.99. The van der Waals surface area contributed by atoms with E-state index >= 15 is 0 Å². The number of aryl methyl sites for hydroxylation is 2. The topological polar surface area (TPSA) is 90.6 Å². The van der Waals surface area contributed by atoms with E-state index in [1.165, 1.54) is 11.8 Å². The first-order chi connectivity index (χ1) is 12.5. The van der Waals surface area contributed by atoms with Crippen molar-refractivity contribution in [2.24, 2.45) is 0 Å². The minimum atomic E-state index is -0.167. The summed E-state index contributed by atoms with van der Waals surface area (Å²) in [7, 11) is 3.12. The summed E-state index contributed by atoms with van der Waals surface area (Å²) in [5, 5.41) is 11.7. The van der Waals surface area contributed by atoms with Gasteiger partial charge in [-0.3, -0.25) is 9.20 Å². The molecule has 0 aliphatic rings. The zero-order valence-electron chi connectivity index (χ0n) is 14.9. The van der Waals surface area contributed by atoms with Crippen LogP contribution in [-0.2, 0) is 4.79 Å². The summed E-state index contributed by atoms with van der Waals surface area (Å²) in [5.41, 5.74) is 2.20. The Morgan fingerprint density at radius 2 is 1.81 bits per heavy atom. The van der Waals surface area contributed by atoms with Gasteiger partial charge in [0, 0.05) is 35.6 Å². The number of carbonyl (C=O) groups is 1. The van der Waals surface area contributed by atoms with Gasteiger partial charge in [0.25, 0.3) is 0 Å². The van der Waals surface area contributed by atoms with Crippen LogP contribution in [-0.4, -0.2) is 45.5 Å². The van der Waals surface area contributed by atoms with Crippen LogP contribution in [0, 0.1) is 13.8 Å². The number of nitrogens with zero attached hydrogens (tertiary/aromatic N) is 4. The largest absolute Gasteiger partial charge is 0.497 e. The summed E-state index contributed by atoms with van der Waals surface area (Å²) in [4.78, 5) is 16.7. The second kappa shape index (κ2) is 7.61. The lowest BCUT2D eigenvalue weighted by Crippen LogP contribution is -2.14. The normalized spacial score (nSPS) is 10.8. The number of methoxy groups -OCH3 is 2. The number of thioether (sulfide) groups is 1. The Balaban J connectivity index is 1.70. The van der Waals surface area contributed by atoms with Crippen LogP contribution in [0.2, 0.25) is 0 Å². The van der Waals surface area contributed by atoms with Crippen LogP contribution in [0.5, 0.6) is 11.5 Å². The van der Waals surface area contributed by atoms with Gasteiger partial charge in [0.05, 0.1) is 20.0 Å². The molecule has 0 spiro atoms. The van der Waals surface area contributed by atoms with Crippen molar-refractivity contribution in [2.45, 2.75) is 19.0 Å². The summed E-state index contributed by atoms with van der Waals surface area (Å²) < 4.78 is 12.2. The van der Waals surface area contributed by atoms with Crippen molar-refractivity contribution in [1.29, 1.82) is 0 Å². The molecule has 26 heavy (non-hydrogen) atoms. The molecule has 8 nitrogen and oxygen atoms in total. The number of carbonyl (C=O) groups excluding carboxylic acids is 1. The SMILES string of the molecule is COc1cc(NC(=O)CSc2nnc3cc(C)nc(C)n23)cc(OC)c1. The lowest BCUT2D eigenvalue weighted by molar-refractivity contribution is -0.113. The number of hydrogen-bond acceptors (Lipinski definition) is 7. The monoisotopic (exact) mass is 373 g/mol. The van der Waals surface area contributed by atoms with Gasteiger partial charge in [-0.25, -0.2) is 4.98 Å². The first kappa shape index (κ1) is 18.0. The molecule has 2 aromatic heterocycles. The molecule has 0 saturated carbocycles. The minimum Gasteiger partial charge on any atom is -0.497 e. The molecule has 0 atom stereocenters. The fourth-order valence-electron chi connectivity index (χ4n) is 2.50. The van der Waals surface area contributed by atoms with E-state index in [0.717, 1.165) is 17.2 Å². The average molecular weight is 373 g/mol. The molecule has 136 valence electrons. The second-order valence-electron chi connectivity index (χ2n) is 5.56. The van der Waals surface area contributed by atoms with Crippen LogP contribution in [0.15, 0.2) is 29.4 Å². The van der Waals surface area contributed by atoms with Crippen LogP contribution in [0.4, 0.5) is 5.69 Å². The Labute approximate surface area is 154 Å². The predicted molar refractivity (Wildman–Crippen MR) is 99.2 cm³/mol.